The predicted molar refractivity (Wildman–Crippen MR) is 81.4 cm³/mol. The van der Waals surface area contributed by atoms with Crippen LogP contribution < -0.4 is 4.90 Å². The molecule has 3 rings (SSSR count). The number of hydrogen-bond donors (Lipinski definition) is 0. The number of carbonyl (C=O) groups is 2. The highest BCUT2D eigenvalue weighted by Crippen LogP contribution is 2.44. The fourth-order valence-corrected chi connectivity index (χ4v) is 3.64. The van der Waals surface area contributed by atoms with Crippen LogP contribution in [0.1, 0.15) is 18.9 Å². The van der Waals surface area contributed by atoms with Gasteiger partial charge >= 0.3 is 6.03 Å². The Morgan fingerprint density at radius 3 is 2.48 bits per heavy atom. The molecule has 0 aliphatic carbocycles. The van der Waals surface area contributed by atoms with Gasteiger partial charge in [0.15, 0.2) is 0 Å². The molecule has 1 fully saturated rings. The number of nitrogens with zero attached hydrogens (tertiary/aromatic N) is 3. The van der Waals surface area contributed by atoms with E-state index in [1.54, 1.807) is 21.7 Å². The standard InChI is InChI=1S/C16H21N3O2/c1-16(9-11-10-17(2)15(21)18(11)3)12-7-5-6-8-13(12)19(4)14(16)20/h5-8,11H,9-10H2,1-4H3. The maximum Gasteiger partial charge on any atom is 0.319 e. The van der Waals surface area contributed by atoms with Gasteiger partial charge in [-0.3, -0.25) is 4.79 Å². The largest absolute Gasteiger partial charge is 0.326 e. The summed E-state index contributed by atoms with van der Waals surface area (Å²) in [7, 11) is 5.44. The van der Waals surface area contributed by atoms with Crippen molar-refractivity contribution >= 4 is 17.6 Å². The fraction of sp³-hybridized carbons (Fsp3) is 0.500. The number of para-hydroxylation sites is 1. The van der Waals surface area contributed by atoms with Crippen LogP contribution in [0.25, 0.3) is 0 Å². The summed E-state index contributed by atoms with van der Waals surface area (Å²) in [5, 5.41) is 0. The zero-order valence-corrected chi connectivity index (χ0v) is 13.0. The minimum absolute atomic E-state index is 0.0238. The average Bonchev–Trinajstić information content (AvgIpc) is 2.82. The Morgan fingerprint density at radius 1 is 1.19 bits per heavy atom. The lowest BCUT2D eigenvalue weighted by Gasteiger charge is -2.29. The first kappa shape index (κ1) is 13.9. The third kappa shape index (κ3) is 1.83. The van der Waals surface area contributed by atoms with Crippen molar-refractivity contribution < 1.29 is 9.59 Å². The molecule has 0 bridgehead atoms. The first-order valence-electron chi connectivity index (χ1n) is 7.22. The van der Waals surface area contributed by atoms with Gasteiger partial charge in [0, 0.05) is 33.4 Å². The predicted octanol–water partition coefficient (Wildman–Crippen LogP) is 1.68. The molecule has 5 heteroatoms. The van der Waals surface area contributed by atoms with Crippen LogP contribution in [0, 0.1) is 0 Å². The van der Waals surface area contributed by atoms with Gasteiger partial charge in [-0.1, -0.05) is 18.2 Å². The number of fused-ring (bicyclic) bond motifs is 1. The molecule has 5 nitrogen and oxygen atoms in total. The Morgan fingerprint density at radius 2 is 1.86 bits per heavy atom. The smallest absolute Gasteiger partial charge is 0.319 e. The number of anilines is 1. The quantitative estimate of drug-likeness (QED) is 0.830. The van der Waals surface area contributed by atoms with Crippen molar-refractivity contribution in [2.45, 2.75) is 24.8 Å². The van der Waals surface area contributed by atoms with Gasteiger partial charge < -0.3 is 14.7 Å². The SMILES string of the molecule is CN1CC(CC2(C)C(=O)N(C)c3ccccc32)N(C)C1=O. The molecular formula is C16H21N3O2. The summed E-state index contributed by atoms with van der Waals surface area (Å²) in [5.74, 6) is 0.110. The van der Waals surface area contributed by atoms with Crippen LogP contribution in [-0.4, -0.2) is 55.5 Å². The zero-order chi connectivity index (χ0) is 15.4. The average molecular weight is 287 g/mol. The Hall–Kier alpha value is -2.04. The molecule has 1 aromatic rings. The second-order valence-electron chi connectivity index (χ2n) is 6.35. The molecule has 2 atom stereocenters. The number of likely N-dealkylation sites (N-methyl/N-ethyl adjacent to an activating group) is 3. The maximum absolute atomic E-state index is 12.8. The number of rotatable bonds is 2. The normalized spacial score (nSPS) is 28.6. The Kier molecular flexibility index (Phi) is 2.97. The minimum Gasteiger partial charge on any atom is -0.326 e. The van der Waals surface area contributed by atoms with Gasteiger partial charge in [-0.05, 0) is 25.0 Å². The van der Waals surface area contributed by atoms with E-state index < -0.39 is 5.41 Å². The summed E-state index contributed by atoms with van der Waals surface area (Å²) < 4.78 is 0. The van der Waals surface area contributed by atoms with Crippen LogP contribution in [0.2, 0.25) is 0 Å². The van der Waals surface area contributed by atoms with Gasteiger partial charge in [-0.25, -0.2) is 4.79 Å². The summed E-state index contributed by atoms with van der Waals surface area (Å²) in [6, 6.07) is 8.02. The number of hydrogen-bond acceptors (Lipinski definition) is 2. The zero-order valence-electron chi connectivity index (χ0n) is 13.0. The summed E-state index contributed by atoms with van der Waals surface area (Å²) in [4.78, 5) is 29.9. The van der Waals surface area contributed by atoms with Crippen LogP contribution >= 0.6 is 0 Å². The van der Waals surface area contributed by atoms with Crippen molar-refractivity contribution in [1.82, 2.24) is 9.80 Å². The summed E-state index contributed by atoms with van der Waals surface area (Å²) >= 11 is 0. The van der Waals surface area contributed by atoms with Gasteiger partial charge in [0.25, 0.3) is 0 Å². The highest BCUT2D eigenvalue weighted by Gasteiger charge is 2.49. The Labute approximate surface area is 125 Å². The second-order valence-corrected chi connectivity index (χ2v) is 6.35. The van der Waals surface area contributed by atoms with Crippen LogP contribution in [0.5, 0.6) is 0 Å². The molecule has 0 spiro atoms. The molecular weight excluding hydrogens is 266 g/mol. The Bertz CT molecular complexity index is 615. The molecule has 0 aromatic heterocycles. The third-order valence-corrected chi connectivity index (χ3v) is 4.94. The van der Waals surface area contributed by atoms with Crippen molar-refractivity contribution in [3.8, 4) is 0 Å². The van der Waals surface area contributed by atoms with Gasteiger partial charge in [0.1, 0.15) is 0 Å². The van der Waals surface area contributed by atoms with Gasteiger partial charge in [0.05, 0.1) is 11.5 Å². The van der Waals surface area contributed by atoms with E-state index in [0.29, 0.717) is 13.0 Å². The first-order valence-corrected chi connectivity index (χ1v) is 7.22. The highest BCUT2D eigenvalue weighted by molar-refractivity contribution is 6.07. The molecule has 1 saturated heterocycles. The topological polar surface area (TPSA) is 43.9 Å². The number of amides is 3. The van der Waals surface area contributed by atoms with Crippen LogP contribution in [0.3, 0.4) is 0 Å². The molecule has 0 radical (unpaired) electrons. The number of urea groups is 1. The molecule has 112 valence electrons. The van der Waals surface area contributed by atoms with Gasteiger partial charge in [-0.15, -0.1) is 0 Å². The first-order chi connectivity index (χ1) is 9.86. The van der Waals surface area contributed by atoms with E-state index in [4.69, 9.17) is 0 Å². The van der Waals surface area contributed by atoms with Gasteiger partial charge in [-0.2, -0.15) is 0 Å². The lowest BCUT2D eigenvalue weighted by atomic mass is 9.78. The van der Waals surface area contributed by atoms with Crippen LogP contribution in [-0.2, 0) is 10.2 Å². The summed E-state index contributed by atoms with van der Waals surface area (Å²) in [6.45, 7) is 2.67. The molecule has 21 heavy (non-hydrogen) atoms. The van der Waals surface area contributed by atoms with Crippen molar-refractivity contribution in [2.24, 2.45) is 0 Å². The van der Waals surface area contributed by atoms with E-state index in [2.05, 4.69) is 0 Å². The lowest BCUT2D eigenvalue weighted by Crippen LogP contribution is -2.42. The van der Waals surface area contributed by atoms with Crippen molar-refractivity contribution in [3.63, 3.8) is 0 Å². The number of carbonyl (C=O) groups excluding carboxylic acids is 2. The number of benzene rings is 1. The maximum atomic E-state index is 12.8. The van der Waals surface area contributed by atoms with Crippen LogP contribution in [0.15, 0.2) is 24.3 Å². The molecule has 2 heterocycles. The molecule has 0 N–H and O–H groups in total. The van der Waals surface area contributed by atoms with E-state index in [9.17, 15) is 9.59 Å². The van der Waals surface area contributed by atoms with E-state index in [1.165, 1.54) is 0 Å². The minimum atomic E-state index is -0.560. The molecule has 3 amide bonds. The van der Waals surface area contributed by atoms with Gasteiger partial charge in [0.2, 0.25) is 5.91 Å². The Balaban J connectivity index is 1.95. The lowest BCUT2D eigenvalue weighted by molar-refractivity contribution is -0.122. The monoisotopic (exact) mass is 287 g/mol. The van der Waals surface area contributed by atoms with Crippen molar-refractivity contribution in [1.29, 1.82) is 0 Å². The van der Waals surface area contributed by atoms with E-state index in [1.807, 2.05) is 45.3 Å². The van der Waals surface area contributed by atoms with Crippen molar-refractivity contribution in [3.05, 3.63) is 29.8 Å². The molecule has 2 unspecified atom stereocenters. The molecule has 0 saturated carbocycles. The van der Waals surface area contributed by atoms with E-state index in [-0.39, 0.29) is 18.0 Å². The second kappa shape index (κ2) is 4.48. The van der Waals surface area contributed by atoms with E-state index in [0.717, 1.165) is 11.3 Å². The van der Waals surface area contributed by atoms with E-state index >= 15 is 0 Å². The fourth-order valence-electron chi connectivity index (χ4n) is 3.64. The summed E-state index contributed by atoms with van der Waals surface area (Å²) in [6.07, 6.45) is 0.653. The van der Waals surface area contributed by atoms with Crippen molar-refractivity contribution in [2.75, 3.05) is 32.6 Å². The van der Waals surface area contributed by atoms with Crippen LogP contribution in [0.4, 0.5) is 10.5 Å². The molecule has 2 aliphatic heterocycles. The molecule has 1 aromatic carbocycles. The third-order valence-electron chi connectivity index (χ3n) is 4.94. The molecule has 2 aliphatic rings. The summed E-state index contributed by atoms with van der Waals surface area (Å²) in [5.41, 5.74) is 1.48. The highest BCUT2D eigenvalue weighted by atomic mass is 16.2.